The van der Waals surface area contributed by atoms with Crippen LogP contribution in [0.1, 0.15) is 10.4 Å². The largest absolute Gasteiger partial charge is 0.399 e. The Morgan fingerprint density at radius 3 is 2.54 bits per heavy atom. The van der Waals surface area contributed by atoms with Crippen LogP contribution in [0.15, 0.2) is 42.6 Å². The van der Waals surface area contributed by atoms with E-state index in [1.54, 1.807) is 36.5 Å². The fourth-order valence-corrected chi connectivity index (χ4v) is 2.34. The highest BCUT2D eigenvalue weighted by Crippen LogP contribution is 2.17. The number of nitrogens with zero attached hydrogens (tertiary/aromatic N) is 2. The average molecular weight is 371 g/mol. The number of carbonyl (C=O) groups is 1. The number of amides is 1. The summed E-state index contributed by atoms with van der Waals surface area (Å²) in [5.41, 5.74) is 7.79. The van der Waals surface area contributed by atoms with Gasteiger partial charge in [-0.1, -0.05) is 6.07 Å². The lowest BCUT2D eigenvalue weighted by Gasteiger charge is -2.28. The molecule has 1 aromatic heterocycles. The van der Waals surface area contributed by atoms with Crippen molar-refractivity contribution in [1.29, 1.82) is 0 Å². The number of benzene rings is 1. The van der Waals surface area contributed by atoms with Crippen LogP contribution in [-0.2, 0) is 4.74 Å². The quantitative estimate of drug-likeness (QED) is 0.811. The number of hydrogen-bond acceptors (Lipinski definition) is 5. The summed E-state index contributed by atoms with van der Waals surface area (Å²) in [5.74, 6) is 0.295. The number of ether oxygens (including phenoxy) is 1. The molecule has 0 radical (unpaired) electrons. The first kappa shape index (κ1) is 20.0. The van der Waals surface area contributed by atoms with Crippen LogP contribution < -0.4 is 16.0 Å². The van der Waals surface area contributed by atoms with Crippen molar-refractivity contribution >= 4 is 47.9 Å². The highest BCUT2D eigenvalue weighted by atomic mass is 35.5. The molecule has 130 valence electrons. The maximum absolute atomic E-state index is 12.1. The van der Waals surface area contributed by atoms with Crippen LogP contribution in [0.3, 0.4) is 0 Å². The summed E-state index contributed by atoms with van der Waals surface area (Å²) >= 11 is 0. The molecular weight excluding hydrogens is 351 g/mol. The Morgan fingerprint density at radius 1 is 1.17 bits per heavy atom. The van der Waals surface area contributed by atoms with Crippen molar-refractivity contribution in [3.63, 3.8) is 0 Å². The summed E-state index contributed by atoms with van der Waals surface area (Å²) in [6.45, 7) is 3.18. The highest BCUT2D eigenvalue weighted by molar-refractivity contribution is 6.04. The molecule has 24 heavy (non-hydrogen) atoms. The smallest absolute Gasteiger partial charge is 0.256 e. The summed E-state index contributed by atoms with van der Waals surface area (Å²) in [7, 11) is 0. The van der Waals surface area contributed by atoms with Crippen molar-refractivity contribution in [2.45, 2.75) is 0 Å². The number of carbonyl (C=O) groups excluding carboxylic acids is 1. The number of anilines is 3. The highest BCUT2D eigenvalue weighted by Gasteiger charge is 2.12. The minimum Gasteiger partial charge on any atom is -0.399 e. The molecule has 1 aliphatic heterocycles. The molecule has 1 amide bonds. The van der Waals surface area contributed by atoms with Crippen LogP contribution in [0.5, 0.6) is 0 Å². The summed E-state index contributed by atoms with van der Waals surface area (Å²) in [6.07, 6.45) is 1.76. The van der Waals surface area contributed by atoms with E-state index in [1.807, 2.05) is 6.07 Å². The molecule has 0 saturated carbocycles. The van der Waals surface area contributed by atoms with Gasteiger partial charge < -0.3 is 20.7 Å². The van der Waals surface area contributed by atoms with E-state index in [-0.39, 0.29) is 30.7 Å². The van der Waals surface area contributed by atoms with Crippen molar-refractivity contribution < 1.29 is 9.53 Å². The molecule has 1 saturated heterocycles. The van der Waals surface area contributed by atoms with Gasteiger partial charge in [-0.25, -0.2) is 4.98 Å². The van der Waals surface area contributed by atoms with Crippen molar-refractivity contribution in [2.24, 2.45) is 0 Å². The van der Waals surface area contributed by atoms with E-state index >= 15 is 0 Å². The molecule has 1 fully saturated rings. The van der Waals surface area contributed by atoms with Crippen molar-refractivity contribution in [3.8, 4) is 0 Å². The van der Waals surface area contributed by atoms with Gasteiger partial charge in [0.25, 0.3) is 5.91 Å². The number of morpholine rings is 1. The maximum Gasteiger partial charge on any atom is 0.256 e. The van der Waals surface area contributed by atoms with Gasteiger partial charge in [-0.15, -0.1) is 24.8 Å². The topological polar surface area (TPSA) is 80.5 Å². The number of hydrogen-bond donors (Lipinski definition) is 2. The Hall–Kier alpha value is -2.02. The number of halogens is 2. The van der Waals surface area contributed by atoms with Crippen LogP contribution in [-0.4, -0.2) is 37.2 Å². The van der Waals surface area contributed by atoms with Gasteiger partial charge in [0.15, 0.2) is 0 Å². The Bertz CT molecular complexity index is 661. The molecular formula is C16H20Cl2N4O2. The normalized spacial score (nSPS) is 13.4. The van der Waals surface area contributed by atoms with Crippen LogP contribution in [0.25, 0.3) is 0 Å². The molecule has 3 N–H and O–H groups in total. The van der Waals surface area contributed by atoms with Crippen LogP contribution in [0.2, 0.25) is 0 Å². The van der Waals surface area contributed by atoms with Gasteiger partial charge in [-0.3, -0.25) is 4.79 Å². The van der Waals surface area contributed by atoms with Gasteiger partial charge in [0, 0.05) is 24.3 Å². The zero-order valence-corrected chi connectivity index (χ0v) is 14.6. The SMILES string of the molecule is Cl.Cl.Nc1cccc(C(=O)Nc2ccc(N3CCOCC3)cn2)c1. The monoisotopic (exact) mass is 370 g/mol. The van der Waals surface area contributed by atoms with E-state index < -0.39 is 0 Å². The fraction of sp³-hybridized carbons (Fsp3) is 0.250. The molecule has 3 rings (SSSR count). The zero-order valence-electron chi connectivity index (χ0n) is 13.0. The molecule has 0 aliphatic carbocycles. The minimum absolute atomic E-state index is 0. The van der Waals surface area contributed by atoms with Gasteiger partial charge in [0.05, 0.1) is 25.1 Å². The molecule has 2 aromatic rings. The number of rotatable bonds is 3. The van der Waals surface area contributed by atoms with E-state index in [1.165, 1.54) is 0 Å². The van der Waals surface area contributed by atoms with E-state index in [4.69, 9.17) is 10.5 Å². The number of pyridine rings is 1. The third kappa shape index (κ3) is 4.99. The zero-order chi connectivity index (χ0) is 15.4. The fourth-order valence-electron chi connectivity index (χ4n) is 2.34. The maximum atomic E-state index is 12.1. The van der Waals surface area contributed by atoms with Gasteiger partial charge in [0.2, 0.25) is 0 Å². The van der Waals surface area contributed by atoms with Gasteiger partial charge in [-0.05, 0) is 30.3 Å². The molecule has 2 heterocycles. The Kier molecular flexibility index (Phi) is 7.78. The second kappa shape index (κ2) is 9.32. The van der Waals surface area contributed by atoms with E-state index in [0.717, 1.165) is 32.0 Å². The van der Waals surface area contributed by atoms with E-state index in [9.17, 15) is 4.79 Å². The predicted octanol–water partition coefficient (Wildman–Crippen LogP) is 2.60. The van der Waals surface area contributed by atoms with Crippen LogP contribution in [0.4, 0.5) is 17.2 Å². The Morgan fingerprint density at radius 2 is 1.92 bits per heavy atom. The lowest BCUT2D eigenvalue weighted by Crippen LogP contribution is -2.36. The molecule has 0 spiro atoms. The van der Waals surface area contributed by atoms with Crippen LogP contribution in [0, 0.1) is 0 Å². The Labute approximate surface area is 153 Å². The molecule has 1 aromatic carbocycles. The van der Waals surface area contributed by atoms with Gasteiger partial charge >= 0.3 is 0 Å². The first-order valence-electron chi connectivity index (χ1n) is 7.18. The predicted molar refractivity (Wildman–Crippen MR) is 101 cm³/mol. The van der Waals surface area contributed by atoms with Crippen molar-refractivity contribution in [1.82, 2.24) is 4.98 Å². The van der Waals surface area contributed by atoms with Crippen molar-refractivity contribution in [2.75, 3.05) is 42.3 Å². The van der Waals surface area contributed by atoms with E-state index in [2.05, 4.69) is 15.2 Å². The third-order valence-electron chi connectivity index (χ3n) is 3.51. The summed E-state index contributed by atoms with van der Waals surface area (Å²) in [6, 6.07) is 10.6. The van der Waals surface area contributed by atoms with Crippen LogP contribution >= 0.6 is 24.8 Å². The second-order valence-corrected chi connectivity index (χ2v) is 5.08. The average Bonchev–Trinajstić information content (AvgIpc) is 2.56. The number of nitrogens with two attached hydrogens (primary N) is 1. The van der Waals surface area contributed by atoms with Gasteiger partial charge in [-0.2, -0.15) is 0 Å². The minimum atomic E-state index is -0.223. The first-order chi connectivity index (χ1) is 10.7. The third-order valence-corrected chi connectivity index (χ3v) is 3.51. The van der Waals surface area contributed by atoms with Crippen molar-refractivity contribution in [3.05, 3.63) is 48.2 Å². The second-order valence-electron chi connectivity index (χ2n) is 5.08. The molecule has 0 atom stereocenters. The summed E-state index contributed by atoms with van der Waals surface area (Å²) < 4.78 is 5.33. The first-order valence-corrected chi connectivity index (χ1v) is 7.18. The molecule has 8 heteroatoms. The number of nitrogens with one attached hydrogen (secondary N) is 1. The Balaban J connectivity index is 0.00000144. The lowest BCUT2D eigenvalue weighted by atomic mass is 10.2. The van der Waals surface area contributed by atoms with Gasteiger partial charge in [0.1, 0.15) is 5.82 Å². The molecule has 0 bridgehead atoms. The summed E-state index contributed by atoms with van der Waals surface area (Å²) in [5, 5.41) is 2.77. The molecule has 6 nitrogen and oxygen atoms in total. The van der Waals surface area contributed by atoms with E-state index in [0.29, 0.717) is 17.1 Å². The summed E-state index contributed by atoms with van der Waals surface area (Å²) in [4.78, 5) is 18.6. The standard InChI is InChI=1S/C16H18N4O2.2ClH/c17-13-3-1-2-12(10-13)16(21)19-15-5-4-14(11-18-15)20-6-8-22-9-7-20;;/h1-5,10-11H,6-9,17H2,(H,18,19,21);2*1H. The molecule has 0 unspecified atom stereocenters. The number of nitrogen functional groups attached to an aromatic ring is 1. The number of aromatic nitrogens is 1. The lowest BCUT2D eigenvalue weighted by molar-refractivity contribution is 0.102. The molecule has 1 aliphatic rings.